The number of aliphatic hydroxyl groups excluding tert-OH is 3. The lowest BCUT2D eigenvalue weighted by Gasteiger charge is -2.41. The summed E-state index contributed by atoms with van der Waals surface area (Å²) < 4.78 is 15.9. The molecule has 8 nitrogen and oxygen atoms in total. The maximum Gasteiger partial charge on any atom is 0.329 e. The molecule has 142 valence electrons. The molecule has 0 bridgehead atoms. The van der Waals surface area contributed by atoms with Crippen LogP contribution in [-0.4, -0.2) is 76.9 Å². The lowest BCUT2D eigenvalue weighted by atomic mass is 9.99. The standard InChI is InChI=1S/C16H30O8/c1-2-3-4-5-6-7-8-22-16-14(21)13(20)15(11(9-17)24-16)23-10-12(18)19/h11,13-17,20-21H,2-10H2,1H3,(H,18,19)/t11-,13-,14-,15-,16-/m1/s1. The second kappa shape index (κ2) is 11.7. The fourth-order valence-corrected chi connectivity index (χ4v) is 2.65. The third-order valence-corrected chi connectivity index (χ3v) is 4.00. The van der Waals surface area contributed by atoms with Crippen molar-refractivity contribution < 1.29 is 39.4 Å². The summed E-state index contributed by atoms with van der Waals surface area (Å²) in [5.74, 6) is -1.21. The highest BCUT2D eigenvalue weighted by molar-refractivity contribution is 5.68. The number of carboxylic acid groups (broad SMARTS) is 1. The van der Waals surface area contributed by atoms with Crippen molar-refractivity contribution in [3.63, 3.8) is 0 Å². The average molecular weight is 350 g/mol. The number of carbonyl (C=O) groups is 1. The topological polar surface area (TPSA) is 126 Å². The first kappa shape index (κ1) is 21.3. The van der Waals surface area contributed by atoms with Gasteiger partial charge >= 0.3 is 5.97 Å². The molecule has 1 aliphatic rings. The molecule has 0 aliphatic carbocycles. The molecule has 0 aromatic rings. The molecule has 0 amide bonds. The van der Waals surface area contributed by atoms with Gasteiger partial charge in [-0.2, -0.15) is 0 Å². The number of ether oxygens (including phenoxy) is 3. The summed E-state index contributed by atoms with van der Waals surface area (Å²) in [7, 11) is 0. The van der Waals surface area contributed by atoms with Gasteiger partial charge in [0, 0.05) is 6.61 Å². The van der Waals surface area contributed by atoms with Crippen LogP contribution in [0.15, 0.2) is 0 Å². The number of rotatable bonds is 12. The van der Waals surface area contributed by atoms with Gasteiger partial charge in [0.25, 0.3) is 0 Å². The van der Waals surface area contributed by atoms with Crippen molar-refractivity contribution in [3.8, 4) is 0 Å². The predicted molar refractivity (Wildman–Crippen MR) is 84.5 cm³/mol. The SMILES string of the molecule is CCCCCCCCO[C@@H]1O[C@H](CO)[C@@H](OCC(=O)O)[C@H](O)[C@H]1O. The molecule has 1 fully saturated rings. The van der Waals surface area contributed by atoms with Crippen LogP contribution < -0.4 is 0 Å². The Morgan fingerprint density at radius 2 is 1.71 bits per heavy atom. The number of aliphatic carboxylic acids is 1. The quantitative estimate of drug-likeness (QED) is 0.370. The van der Waals surface area contributed by atoms with Gasteiger partial charge in [0.1, 0.15) is 31.0 Å². The van der Waals surface area contributed by atoms with Crippen molar-refractivity contribution in [2.45, 2.75) is 76.2 Å². The summed E-state index contributed by atoms with van der Waals surface area (Å²) in [6.07, 6.45) is 0.609. The first-order valence-corrected chi connectivity index (χ1v) is 8.58. The molecule has 0 radical (unpaired) electrons. The molecule has 0 saturated carbocycles. The highest BCUT2D eigenvalue weighted by Gasteiger charge is 2.45. The maximum atomic E-state index is 10.6. The van der Waals surface area contributed by atoms with Gasteiger partial charge in [0.2, 0.25) is 0 Å². The van der Waals surface area contributed by atoms with Crippen molar-refractivity contribution >= 4 is 5.97 Å². The Morgan fingerprint density at radius 3 is 2.33 bits per heavy atom. The fraction of sp³-hybridized carbons (Fsp3) is 0.938. The van der Waals surface area contributed by atoms with E-state index in [4.69, 9.17) is 19.3 Å². The van der Waals surface area contributed by atoms with E-state index in [1.165, 1.54) is 19.3 Å². The van der Waals surface area contributed by atoms with Gasteiger partial charge in [0.15, 0.2) is 6.29 Å². The second-order valence-electron chi connectivity index (χ2n) is 6.01. The Labute approximate surface area is 142 Å². The maximum absolute atomic E-state index is 10.6. The van der Waals surface area contributed by atoms with E-state index in [-0.39, 0.29) is 0 Å². The van der Waals surface area contributed by atoms with Crippen LogP contribution in [0.4, 0.5) is 0 Å². The Bertz CT molecular complexity index is 349. The van der Waals surface area contributed by atoms with Crippen molar-refractivity contribution in [1.29, 1.82) is 0 Å². The van der Waals surface area contributed by atoms with E-state index < -0.39 is 49.9 Å². The molecule has 1 rings (SSSR count). The summed E-state index contributed by atoms with van der Waals surface area (Å²) in [6, 6.07) is 0. The molecule has 4 N–H and O–H groups in total. The molecule has 1 heterocycles. The minimum Gasteiger partial charge on any atom is -0.480 e. The van der Waals surface area contributed by atoms with E-state index in [1.807, 2.05) is 0 Å². The van der Waals surface area contributed by atoms with Crippen molar-refractivity contribution in [2.75, 3.05) is 19.8 Å². The summed E-state index contributed by atoms with van der Waals surface area (Å²) in [4.78, 5) is 10.6. The number of hydrogen-bond donors (Lipinski definition) is 4. The molecule has 0 spiro atoms. The van der Waals surface area contributed by atoms with E-state index in [0.29, 0.717) is 6.61 Å². The summed E-state index contributed by atoms with van der Waals surface area (Å²) in [5, 5.41) is 38.1. The largest absolute Gasteiger partial charge is 0.480 e. The van der Waals surface area contributed by atoms with E-state index in [2.05, 4.69) is 6.92 Å². The van der Waals surface area contributed by atoms with Gasteiger partial charge in [-0.1, -0.05) is 39.0 Å². The smallest absolute Gasteiger partial charge is 0.329 e. The molecular formula is C16H30O8. The zero-order chi connectivity index (χ0) is 17.9. The number of carboxylic acids is 1. The van der Waals surface area contributed by atoms with Crippen LogP contribution in [-0.2, 0) is 19.0 Å². The summed E-state index contributed by atoms with van der Waals surface area (Å²) >= 11 is 0. The van der Waals surface area contributed by atoms with Gasteiger partial charge in [-0.3, -0.25) is 0 Å². The van der Waals surface area contributed by atoms with E-state index >= 15 is 0 Å². The van der Waals surface area contributed by atoms with Crippen LogP contribution in [0, 0.1) is 0 Å². The Balaban J connectivity index is 2.38. The van der Waals surface area contributed by atoms with Gasteiger partial charge in [0.05, 0.1) is 6.61 Å². The zero-order valence-corrected chi connectivity index (χ0v) is 14.2. The molecule has 8 heteroatoms. The highest BCUT2D eigenvalue weighted by atomic mass is 16.7. The Hall–Kier alpha value is -0.770. The van der Waals surface area contributed by atoms with Crippen LogP contribution in [0.5, 0.6) is 0 Å². The van der Waals surface area contributed by atoms with E-state index in [0.717, 1.165) is 19.3 Å². The monoisotopic (exact) mass is 350 g/mol. The molecule has 0 aromatic carbocycles. The fourth-order valence-electron chi connectivity index (χ4n) is 2.65. The highest BCUT2D eigenvalue weighted by Crippen LogP contribution is 2.24. The van der Waals surface area contributed by atoms with Crippen LogP contribution in [0.2, 0.25) is 0 Å². The first-order valence-electron chi connectivity index (χ1n) is 8.58. The van der Waals surface area contributed by atoms with Crippen molar-refractivity contribution in [2.24, 2.45) is 0 Å². The van der Waals surface area contributed by atoms with Gasteiger partial charge in [-0.25, -0.2) is 4.79 Å². The van der Waals surface area contributed by atoms with Gasteiger partial charge < -0.3 is 34.6 Å². The van der Waals surface area contributed by atoms with Crippen LogP contribution >= 0.6 is 0 Å². The lowest BCUT2D eigenvalue weighted by Crippen LogP contribution is -2.60. The van der Waals surface area contributed by atoms with Crippen molar-refractivity contribution in [1.82, 2.24) is 0 Å². The number of hydrogen-bond acceptors (Lipinski definition) is 7. The number of unbranched alkanes of at least 4 members (excludes halogenated alkanes) is 5. The Kier molecular flexibility index (Phi) is 10.4. The normalized spacial score (nSPS) is 30.4. The predicted octanol–water partition coefficient (Wildman–Crippen LogP) is 0.272. The molecule has 0 aromatic heterocycles. The Morgan fingerprint density at radius 1 is 1.04 bits per heavy atom. The second-order valence-corrected chi connectivity index (χ2v) is 6.01. The van der Waals surface area contributed by atoms with E-state index in [9.17, 15) is 20.1 Å². The van der Waals surface area contributed by atoms with E-state index in [1.54, 1.807) is 0 Å². The van der Waals surface area contributed by atoms with Crippen LogP contribution in [0.1, 0.15) is 45.4 Å². The summed E-state index contributed by atoms with van der Waals surface area (Å²) in [5.41, 5.74) is 0. The van der Waals surface area contributed by atoms with Crippen LogP contribution in [0.3, 0.4) is 0 Å². The molecule has 24 heavy (non-hydrogen) atoms. The first-order chi connectivity index (χ1) is 11.5. The molecule has 1 aliphatic heterocycles. The zero-order valence-electron chi connectivity index (χ0n) is 14.2. The third-order valence-electron chi connectivity index (χ3n) is 4.00. The van der Waals surface area contributed by atoms with Crippen LogP contribution in [0.25, 0.3) is 0 Å². The summed E-state index contributed by atoms with van der Waals surface area (Å²) in [6.45, 7) is 1.39. The molecule has 1 saturated heterocycles. The lowest BCUT2D eigenvalue weighted by molar-refractivity contribution is -0.307. The number of aliphatic hydroxyl groups is 3. The average Bonchev–Trinajstić information content (AvgIpc) is 2.56. The third kappa shape index (κ3) is 7.00. The minimum absolute atomic E-state index is 0.374. The molecule has 5 atom stereocenters. The molecule has 0 unspecified atom stereocenters. The van der Waals surface area contributed by atoms with Gasteiger partial charge in [-0.15, -0.1) is 0 Å². The molecular weight excluding hydrogens is 320 g/mol. The van der Waals surface area contributed by atoms with Gasteiger partial charge in [-0.05, 0) is 6.42 Å². The minimum atomic E-state index is -1.40. The van der Waals surface area contributed by atoms with Crippen molar-refractivity contribution in [3.05, 3.63) is 0 Å².